The van der Waals surface area contributed by atoms with E-state index in [9.17, 15) is 4.79 Å². The van der Waals surface area contributed by atoms with Gasteiger partial charge in [-0.15, -0.1) is 0 Å². The Bertz CT molecular complexity index is 89.7. The molecule has 0 unspecified atom stereocenters. The van der Waals surface area contributed by atoms with Crippen molar-refractivity contribution in [1.82, 2.24) is 0 Å². The van der Waals surface area contributed by atoms with E-state index in [1.165, 1.54) is 11.6 Å². The van der Waals surface area contributed by atoms with E-state index in [0.717, 1.165) is 0 Å². The largest absolute Gasteiger partial charge is 0.369 e. The van der Waals surface area contributed by atoms with E-state index in [4.69, 9.17) is 17.3 Å². The third-order valence-corrected chi connectivity index (χ3v) is 0.586. The molecule has 0 aromatic heterocycles. The summed E-state index contributed by atoms with van der Waals surface area (Å²) in [5.74, 6) is -0.364. The minimum Gasteiger partial charge on any atom is -0.369 e. The first-order valence-electron chi connectivity index (χ1n) is 1.81. The van der Waals surface area contributed by atoms with Crippen molar-refractivity contribution in [3.63, 3.8) is 0 Å². The van der Waals surface area contributed by atoms with Gasteiger partial charge in [0.25, 0.3) is 0 Å². The van der Waals surface area contributed by atoms with Gasteiger partial charge in [-0.1, -0.05) is 17.7 Å². The minimum atomic E-state index is -0.364. The number of nitrogens with two attached hydrogens (primary N) is 1. The highest BCUT2D eigenvalue weighted by molar-refractivity contribution is 6.25. The van der Waals surface area contributed by atoms with Crippen molar-refractivity contribution in [3.8, 4) is 0 Å². The molecule has 0 bridgehead atoms. The molecule has 40 valence electrons. The Balaban J connectivity index is 3.14. The van der Waals surface area contributed by atoms with Gasteiger partial charge in [-0.25, -0.2) is 0 Å². The second kappa shape index (κ2) is 3.68. The first kappa shape index (κ1) is 6.50. The topological polar surface area (TPSA) is 43.1 Å². The first-order valence-corrected chi connectivity index (χ1v) is 2.24. The van der Waals surface area contributed by atoms with Crippen LogP contribution in [0.1, 0.15) is 6.42 Å². The van der Waals surface area contributed by atoms with Gasteiger partial charge < -0.3 is 5.73 Å². The maximum Gasteiger partial charge on any atom is 0.221 e. The SMILES string of the molecule is NC(=O)C/C=C/Cl. The first-order chi connectivity index (χ1) is 3.27. The summed E-state index contributed by atoms with van der Waals surface area (Å²) < 4.78 is 0. The molecule has 0 spiro atoms. The Kier molecular flexibility index (Phi) is 3.42. The van der Waals surface area contributed by atoms with E-state index in [1.807, 2.05) is 0 Å². The Hall–Kier alpha value is -0.500. The molecule has 7 heavy (non-hydrogen) atoms. The van der Waals surface area contributed by atoms with Gasteiger partial charge in [0.15, 0.2) is 0 Å². The van der Waals surface area contributed by atoms with Crippen molar-refractivity contribution in [1.29, 1.82) is 0 Å². The average molecular weight is 120 g/mol. The highest BCUT2D eigenvalue weighted by atomic mass is 35.5. The molecule has 0 aliphatic heterocycles. The lowest BCUT2D eigenvalue weighted by Gasteiger charge is -1.78. The number of amides is 1. The molecule has 0 saturated heterocycles. The third-order valence-electron chi connectivity index (χ3n) is 0.408. The highest BCUT2D eigenvalue weighted by Gasteiger charge is 1.82. The van der Waals surface area contributed by atoms with Crippen LogP contribution in [0.25, 0.3) is 0 Å². The van der Waals surface area contributed by atoms with E-state index >= 15 is 0 Å². The summed E-state index contributed by atoms with van der Waals surface area (Å²) in [6.45, 7) is 0. The van der Waals surface area contributed by atoms with E-state index < -0.39 is 0 Å². The number of carbonyl (C=O) groups excluding carboxylic acids is 1. The zero-order valence-corrected chi connectivity index (χ0v) is 4.48. The lowest BCUT2D eigenvalue weighted by Crippen LogP contribution is -2.07. The number of primary amides is 1. The van der Waals surface area contributed by atoms with Crippen LogP contribution in [0.4, 0.5) is 0 Å². The molecule has 2 nitrogen and oxygen atoms in total. The van der Waals surface area contributed by atoms with Crippen LogP contribution in [0.15, 0.2) is 11.6 Å². The van der Waals surface area contributed by atoms with Crippen LogP contribution in [0.3, 0.4) is 0 Å². The standard InChI is InChI=1S/C4H6ClNO/c5-3-1-2-4(6)7/h1,3H,2H2,(H2,6,7)/b3-1+. The number of carbonyl (C=O) groups is 1. The molecule has 0 aliphatic rings. The number of rotatable bonds is 2. The second-order valence-corrected chi connectivity index (χ2v) is 1.28. The molecule has 0 aromatic rings. The molecular weight excluding hydrogens is 114 g/mol. The lowest BCUT2D eigenvalue weighted by molar-refractivity contribution is -0.117. The Morgan fingerprint density at radius 3 is 2.57 bits per heavy atom. The van der Waals surface area contributed by atoms with Crippen LogP contribution < -0.4 is 5.73 Å². The summed E-state index contributed by atoms with van der Waals surface area (Å²) >= 11 is 5.06. The fourth-order valence-electron chi connectivity index (χ4n) is 0.161. The van der Waals surface area contributed by atoms with Crippen molar-refractivity contribution < 1.29 is 4.79 Å². The summed E-state index contributed by atoms with van der Waals surface area (Å²) in [7, 11) is 0. The van der Waals surface area contributed by atoms with E-state index in [-0.39, 0.29) is 12.3 Å². The summed E-state index contributed by atoms with van der Waals surface area (Å²) in [5, 5.41) is 0. The van der Waals surface area contributed by atoms with Gasteiger partial charge in [-0.3, -0.25) is 4.79 Å². The normalized spacial score (nSPS) is 9.86. The van der Waals surface area contributed by atoms with Gasteiger partial charge in [0.2, 0.25) is 5.91 Å². The van der Waals surface area contributed by atoms with Crippen molar-refractivity contribution in [3.05, 3.63) is 11.6 Å². The van der Waals surface area contributed by atoms with Gasteiger partial charge in [-0.2, -0.15) is 0 Å². The van der Waals surface area contributed by atoms with Crippen molar-refractivity contribution in [2.45, 2.75) is 6.42 Å². The summed E-state index contributed by atoms with van der Waals surface area (Å²) in [6.07, 6.45) is 1.72. The molecular formula is C4H6ClNO. The van der Waals surface area contributed by atoms with Crippen molar-refractivity contribution >= 4 is 17.5 Å². The molecule has 0 atom stereocenters. The molecule has 0 aliphatic carbocycles. The van der Waals surface area contributed by atoms with Crippen molar-refractivity contribution in [2.24, 2.45) is 5.73 Å². The quantitative estimate of drug-likeness (QED) is 0.569. The molecule has 0 saturated carbocycles. The third kappa shape index (κ3) is 5.50. The molecule has 2 N–H and O–H groups in total. The Morgan fingerprint density at radius 1 is 1.86 bits per heavy atom. The number of hydrogen-bond acceptors (Lipinski definition) is 1. The lowest BCUT2D eigenvalue weighted by atomic mass is 10.4. The number of hydrogen-bond donors (Lipinski definition) is 1. The van der Waals surface area contributed by atoms with E-state index in [1.54, 1.807) is 0 Å². The molecule has 0 aromatic carbocycles. The van der Waals surface area contributed by atoms with Gasteiger partial charge in [-0.05, 0) is 0 Å². The van der Waals surface area contributed by atoms with Gasteiger partial charge >= 0.3 is 0 Å². The highest BCUT2D eigenvalue weighted by Crippen LogP contribution is 1.82. The maximum absolute atomic E-state index is 9.87. The molecule has 0 heterocycles. The fourth-order valence-corrected chi connectivity index (χ4v) is 0.250. The van der Waals surface area contributed by atoms with Crippen LogP contribution in [-0.2, 0) is 4.79 Å². The average Bonchev–Trinajstić information content (AvgIpc) is 1.61. The fraction of sp³-hybridized carbons (Fsp3) is 0.250. The molecule has 0 radical (unpaired) electrons. The summed E-state index contributed by atoms with van der Waals surface area (Å²) in [5.41, 5.74) is 6.00. The predicted molar refractivity (Wildman–Crippen MR) is 28.8 cm³/mol. The summed E-state index contributed by atoms with van der Waals surface area (Å²) in [6, 6.07) is 0. The van der Waals surface area contributed by atoms with Crippen LogP contribution in [0.2, 0.25) is 0 Å². The zero-order chi connectivity index (χ0) is 5.70. The second-order valence-electron chi connectivity index (χ2n) is 1.03. The van der Waals surface area contributed by atoms with Crippen LogP contribution in [-0.4, -0.2) is 5.91 Å². The Labute approximate surface area is 46.9 Å². The molecule has 1 amide bonds. The van der Waals surface area contributed by atoms with E-state index in [0.29, 0.717) is 0 Å². The number of halogens is 1. The van der Waals surface area contributed by atoms with Crippen LogP contribution in [0.5, 0.6) is 0 Å². The smallest absolute Gasteiger partial charge is 0.221 e. The van der Waals surface area contributed by atoms with Crippen molar-refractivity contribution in [2.75, 3.05) is 0 Å². The van der Waals surface area contributed by atoms with Gasteiger partial charge in [0.1, 0.15) is 0 Å². The Morgan fingerprint density at radius 2 is 2.43 bits per heavy atom. The van der Waals surface area contributed by atoms with E-state index in [2.05, 4.69) is 0 Å². The zero-order valence-electron chi connectivity index (χ0n) is 3.73. The maximum atomic E-state index is 9.87. The monoisotopic (exact) mass is 119 g/mol. The predicted octanol–water partition coefficient (Wildman–Crippen LogP) is 0.614. The minimum absolute atomic E-state index is 0.226. The van der Waals surface area contributed by atoms with Gasteiger partial charge in [0, 0.05) is 12.0 Å². The summed E-state index contributed by atoms with van der Waals surface area (Å²) in [4.78, 5) is 9.87. The van der Waals surface area contributed by atoms with Crippen LogP contribution in [0, 0.1) is 0 Å². The van der Waals surface area contributed by atoms with Crippen LogP contribution >= 0.6 is 11.6 Å². The molecule has 0 rings (SSSR count). The van der Waals surface area contributed by atoms with Gasteiger partial charge in [0.05, 0.1) is 0 Å². The molecule has 3 heteroatoms. The molecule has 0 fully saturated rings.